The van der Waals surface area contributed by atoms with Crippen LogP contribution in [0.4, 0.5) is 0 Å². The third-order valence-electron chi connectivity index (χ3n) is 3.36. The van der Waals surface area contributed by atoms with Crippen LogP contribution in [-0.2, 0) is 0 Å². The topological polar surface area (TPSA) is 40.5 Å². The van der Waals surface area contributed by atoms with Crippen LogP contribution >= 0.6 is 0 Å². The lowest BCUT2D eigenvalue weighted by atomic mass is 9.73. The summed E-state index contributed by atoms with van der Waals surface area (Å²) in [5.74, 6) is 0. The van der Waals surface area contributed by atoms with E-state index in [4.69, 9.17) is 10.2 Å². The summed E-state index contributed by atoms with van der Waals surface area (Å²) in [7, 11) is 0. The second-order valence-corrected chi connectivity index (χ2v) is 5.46. The molecule has 1 aliphatic carbocycles. The Morgan fingerprint density at radius 2 is 1.74 bits per heavy atom. The van der Waals surface area contributed by atoms with Crippen LogP contribution in [0.5, 0.6) is 0 Å². The van der Waals surface area contributed by atoms with Crippen molar-refractivity contribution in [3.63, 3.8) is 0 Å². The molecule has 0 aromatic carbocycles. The Morgan fingerprint density at radius 3 is 2.37 bits per heavy atom. The van der Waals surface area contributed by atoms with Gasteiger partial charge in [-0.05, 0) is 36.8 Å². The molecule has 0 spiro atoms. The number of allylic oxidation sites excluding steroid dienone is 9. The predicted octanol–water partition coefficient (Wildman–Crippen LogP) is 3.66. The Morgan fingerprint density at radius 1 is 1.11 bits per heavy atom. The molecule has 1 rings (SSSR count). The molecule has 0 amide bonds. The van der Waals surface area contributed by atoms with Crippen LogP contribution in [0.2, 0.25) is 0 Å². The first kappa shape index (κ1) is 15.7. The van der Waals surface area contributed by atoms with E-state index in [0.29, 0.717) is 0 Å². The summed E-state index contributed by atoms with van der Waals surface area (Å²) in [6.45, 7) is 6.73. The molecule has 0 saturated carbocycles. The van der Waals surface area contributed by atoms with Gasteiger partial charge in [-0.15, -0.1) is 0 Å². The SMILES string of the molecule is CC1=CCCC(C)(C)\C1=C/C=C/C=C/C=C/C(O)O. The quantitative estimate of drug-likeness (QED) is 0.598. The molecule has 0 aromatic heterocycles. The highest BCUT2D eigenvalue weighted by atomic mass is 16.5. The standard InChI is InChI=1S/C17H24O2/c1-14-10-9-13-17(2,3)15(14)11-7-5-4-6-8-12-16(18)19/h4-8,10-12,16,18-19H,9,13H2,1-3H3/b6-4+,7-5+,12-8+,15-11-. The zero-order chi connectivity index (χ0) is 14.3. The molecule has 0 fully saturated rings. The summed E-state index contributed by atoms with van der Waals surface area (Å²) in [6.07, 6.45) is 16.0. The fourth-order valence-corrected chi connectivity index (χ4v) is 2.29. The monoisotopic (exact) mass is 260 g/mol. The summed E-state index contributed by atoms with van der Waals surface area (Å²) in [4.78, 5) is 0. The van der Waals surface area contributed by atoms with E-state index in [9.17, 15) is 0 Å². The van der Waals surface area contributed by atoms with Crippen LogP contribution in [0.25, 0.3) is 0 Å². The maximum Gasteiger partial charge on any atom is 0.171 e. The van der Waals surface area contributed by atoms with E-state index >= 15 is 0 Å². The van der Waals surface area contributed by atoms with Gasteiger partial charge in [0.1, 0.15) is 0 Å². The maximum atomic E-state index is 8.61. The Labute approximate surface area is 116 Å². The van der Waals surface area contributed by atoms with Crippen molar-refractivity contribution in [2.24, 2.45) is 5.41 Å². The maximum absolute atomic E-state index is 8.61. The van der Waals surface area contributed by atoms with Gasteiger partial charge in [-0.3, -0.25) is 0 Å². The fourth-order valence-electron chi connectivity index (χ4n) is 2.29. The third kappa shape index (κ3) is 5.41. The van der Waals surface area contributed by atoms with Crippen molar-refractivity contribution < 1.29 is 10.2 Å². The van der Waals surface area contributed by atoms with E-state index in [-0.39, 0.29) is 5.41 Å². The minimum Gasteiger partial charge on any atom is -0.365 e. The summed E-state index contributed by atoms with van der Waals surface area (Å²) < 4.78 is 0. The Kier molecular flexibility index (Phi) is 6.00. The van der Waals surface area contributed by atoms with E-state index in [1.165, 1.54) is 23.6 Å². The largest absolute Gasteiger partial charge is 0.365 e. The van der Waals surface area contributed by atoms with Crippen LogP contribution in [0.3, 0.4) is 0 Å². The Bertz CT molecular complexity index is 432. The van der Waals surface area contributed by atoms with E-state index in [1.807, 2.05) is 18.2 Å². The van der Waals surface area contributed by atoms with Crippen molar-refractivity contribution in [3.8, 4) is 0 Å². The highest BCUT2D eigenvalue weighted by Crippen LogP contribution is 2.40. The van der Waals surface area contributed by atoms with Gasteiger partial charge in [0.15, 0.2) is 6.29 Å². The smallest absolute Gasteiger partial charge is 0.171 e. The second-order valence-electron chi connectivity index (χ2n) is 5.46. The molecule has 0 unspecified atom stereocenters. The summed E-state index contributed by atoms with van der Waals surface area (Å²) in [5, 5.41) is 17.2. The van der Waals surface area contributed by atoms with Crippen LogP contribution in [0, 0.1) is 5.41 Å². The van der Waals surface area contributed by atoms with Crippen molar-refractivity contribution in [1.82, 2.24) is 0 Å². The zero-order valence-corrected chi connectivity index (χ0v) is 12.0. The average Bonchev–Trinajstić information content (AvgIpc) is 2.30. The zero-order valence-electron chi connectivity index (χ0n) is 12.0. The van der Waals surface area contributed by atoms with Gasteiger partial charge in [0.25, 0.3) is 0 Å². The molecule has 0 aromatic rings. The molecule has 0 aliphatic heterocycles. The molecule has 0 bridgehead atoms. The minimum absolute atomic E-state index is 0.244. The number of hydrogen-bond donors (Lipinski definition) is 2. The first-order chi connectivity index (χ1) is 8.93. The average molecular weight is 260 g/mol. The molecule has 2 N–H and O–H groups in total. The molecular weight excluding hydrogens is 236 g/mol. The molecule has 0 saturated heterocycles. The van der Waals surface area contributed by atoms with Gasteiger partial charge in [-0.1, -0.05) is 62.0 Å². The molecule has 104 valence electrons. The van der Waals surface area contributed by atoms with Gasteiger partial charge in [0.2, 0.25) is 0 Å². The lowest BCUT2D eigenvalue weighted by Crippen LogP contribution is -2.18. The lowest BCUT2D eigenvalue weighted by Gasteiger charge is -2.32. The molecule has 1 aliphatic rings. The van der Waals surface area contributed by atoms with E-state index in [2.05, 4.69) is 32.9 Å². The summed E-state index contributed by atoms with van der Waals surface area (Å²) in [5.41, 5.74) is 3.01. The molecule has 0 heterocycles. The van der Waals surface area contributed by atoms with Crippen molar-refractivity contribution >= 4 is 0 Å². The highest BCUT2D eigenvalue weighted by Gasteiger charge is 2.25. The van der Waals surface area contributed by atoms with E-state index in [0.717, 1.165) is 6.42 Å². The van der Waals surface area contributed by atoms with Gasteiger partial charge >= 0.3 is 0 Å². The second kappa shape index (κ2) is 7.27. The van der Waals surface area contributed by atoms with E-state index in [1.54, 1.807) is 12.2 Å². The van der Waals surface area contributed by atoms with E-state index < -0.39 is 6.29 Å². The molecule has 2 nitrogen and oxygen atoms in total. The lowest BCUT2D eigenvalue weighted by molar-refractivity contribution is 0.00238. The normalized spacial score (nSPS) is 22.2. The van der Waals surface area contributed by atoms with Gasteiger partial charge in [-0.25, -0.2) is 0 Å². The van der Waals surface area contributed by atoms with Crippen molar-refractivity contribution in [1.29, 1.82) is 0 Å². The van der Waals surface area contributed by atoms with Crippen molar-refractivity contribution in [2.75, 3.05) is 0 Å². The van der Waals surface area contributed by atoms with Gasteiger partial charge < -0.3 is 10.2 Å². The molecule has 0 atom stereocenters. The summed E-state index contributed by atoms with van der Waals surface area (Å²) >= 11 is 0. The molecule has 19 heavy (non-hydrogen) atoms. The van der Waals surface area contributed by atoms with Crippen LogP contribution in [0.15, 0.2) is 59.8 Å². The van der Waals surface area contributed by atoms with Gasteiger partial charge in [0, 0.05) is 0 Å². The minimum atomic E-state index is -1.38. The highest BCUT2D eigenvalue weighted by molar-refractivity contribution is 5.39. The first-order valence-corrected chi connectivity index (χ1v) is 6.69. The van der Waals surface area contributed by atoms with Gasteiger partial charge in [-0.2, -0.15) is 0 Å². The van der Waals surface area contributed by atoms with Crippen LogP contribution < -0.4 is 0 Å². The number of aliphatic hydroxyl groups is 2. The first-order valence-electron chi connectivity index (χ1n) is 6.69. The molecule has 2 heteroatoms. The Hall–Kier alpha value is -1.38. The van der Waals surface area contributed by atoms with Crippen molar-refractivity contribution in [3.05, 3.63) is 59.8 Å². The Balaban J connectivity index is 2.65. The molecular formula is C17H24O2. The summed E-state index contributed by atoms with van der Waals surface area (Å²) in [6, 6.07) is 0. The van der Waals surface area contributed by atoms with Crippen LogP contribution in [0.1, 0.15) is 33.6 Å². The number of rotatable bonds is 4. The fraction of sp³-hybridized carbons (Fsp3) is 0.412. The number of hydrogen-bond acceptors (Lipinski definition) is 2. The molecule has 0 radical (unpaired) electrons. The van der Waals surface area contributed by atoms with Crippen molar-refractivity contribution in [2.45, 2.75) is 39.9 Å². The third-order valence-corrected chi connectivity index (χ3v) is 3.36. The van der Waals surface area contributed by atoms with Gasteiger partial charge in [0.05, 0.1) is 0 Å². The van der Waals surface area contributed by atoms with Crippen LogP contribution in [-0.4, -0.2) is 16.5 Å². The predicted molar refractivity (Wildman–Crippen MR) is 80.5 cm³/mol. The number of aliphatic hydroxyl groups excluding tert-OH is 1.